The average molecular weight is 284 g/mol. The Balaban J connectivity index is 1.43. The van der Waals surface area contributed by atoms with Crippen LogP contribution < -0.4 is 5.32 Å². The van der Waals surface area contributed by atoms with E-state index in [0.29, 0.717) is 5.92 Å². The number of rotatable bonds is 3. The zero-order valence-electron chi connectivity index (χ0n) is 12.1. The topological polar surface area (TPSA) is 54.2 Å². The molecular formula is C16H20N4O. The number of nitrogens with one attached hydrogen (secondary N) is 1. The molecule has 1 fully saturated rings. The molecule has 0 radical (unpaired) electrons. The summed E-state index contributed by atoms with van der Waals surface area (Å²) in [5.41, 5.74) is 2.85. The van der Waals surface area contributed by atoms with Crippen molar-refractivity contribution in [3.8, 4) is 0 Å². The second kappa shape index (κ2) is 5.58. The van der Waals surface area contributed by atoms with Crippen LogP contribution in [0.5, 0.6) is 0 Å². The van der Waals surface area contributed by atoms with Gasteiger partial charge in [0.2, 0.25) is 5.89 Å². The van der Waals surface area contributed by atoms with Crippen molar-refractivity contribution >= 4 is 0 Å². The van der Waals surface area contributed by atoms with E-state index in [4.69, 9.17) is 4.52 Å². The molecule has 5 nitrogen and oxygen atoms in total. The van der Waals surface area contributed by atoms with Crippen LogP contribution in [-0.4, -0.2) is 41.2 Å². The van der Waals surface area contributed by atoms with Gasteiger partial charge in [0.1, 0.15) is 0 Å². The maximum atomic E-state index is 5.46. The summed E-state index contributed by atoms with van der Waals surface area (Å²) in [6.45, 7) is 4.95. The summed E-state index contributed by atoms with van der Waals surface area (Å²) in [6, 6.07) is 8.62. The number of piperazine rings is 1. The number of hydrogen-bond donors (Lipinski definition) is 1. The molecule has 0 atom stereocenters. The van der Waals surface area contributed by atoms with Gasteiger partial charge >= 0.3 is 0 Å². The first-order valence-corrected chi connectivity index (χ1v) is 7.71. The molecule has 0 bridgehead atoms. The van der Waals surface area contributed by atoms with Crippen LogP contribution in [0.15, 0.2) is 28.8 Å². The second-order valence-corrected chi connectivity index (χ2v) is 5.95. The summed E-state index contributed by atoms with van der Waals surface area (Å²) in [6.07, 6.45) is 2.06. The predicted molar refractivity (Wildman–Crippen MR) is 79.0 cm³/mol. The highest BCUT2D eigenvalue weighted by atomic mass is 16.5. The summed E-state index contributed by atoms with van der Waals surface area (Å²) < 4.78 is 5.46. The second-order valence-electron chi connectivity index (χ2n) is 5.95. The van der Waals surface area contributed by atoms with Crippen LogP contribution in [0.2, 0.25) is 0 Å². The maximum absolute atomic E-state index is 5.46. The summed E-state index contributed by atoms with van der Waals surface area (Å²) in [5, 5.41) is 7.57. The van der Waals surface area contributed by atoms with E-state index in [-0.39, 0.29) is 0 Å². The van der Waals surface area contributed by atoms with E-state index in [1.165, 1.54) is 11.1 Å². The molecule has 1 saturated heterocycles. The van der Waals surface area contributed by atoms with Crippen LogP contribution in [0.25, 0.3) is 0 Å². The first kappa shape index (κ1) is 13.0. The molecule has 1 N–H and O–H groups in total. The minimum atomic E-state index is 0.378. The highest BCUT2D eigenvalue weighted by Crippen LogP contribution is 2.32. The van der Waals surface area contributed by atoms with Crippen LogP contribution in [0.4, 0.5) is 0 Å². The first-order chi connectivity index (χ1) is 10.4. The molecule has 0 amide bonds. The molecule has 2 heterocycles. The number of aromatic nitrogens is 2. The van der Waals surface area contributed by atoms with Crippen LogP contribution in [0.1, 0.15) is 28.8 Å². The highest BCUT2D eigenvalue weighted by Gasteiger charge is 2.26. The minimum absolute atomic E-state index is 0.378. The highest BCUT2D eigenvalue weighted by molar-refractivity contribution is 5.34. The fourth-order valence-electron chi connectivity index (χ4n) is 3.30. The number of benzene rings is 1. The third-order valence-electron chi connectivity index (χ3n) is 4.47. The van der Waals surface area contributed by atoms with Crippen LogP contribution in [0, 0.1) is 0 Å². The Morgan fingerprint density at radius 3 is 2.57 bits per heavy atom. The van der Waals surface area contributed by atoms with Gasteiger partial charge in [-0.2, -0.15) is 4.98 Å². The lowest BCUT2D eigenvalue weighted by Crippen LogP contribution is -2.42. The molecule has 2 aromatic rings. The molecular weight excluding hydrogens is 264 g/mol. The van der Waals surface area contributed by atoms with Crippen LogP contribution >= 0.6 is 0 Å². The van der Waals surface area contributed by atoms with Crippen molar-refractivity contribution < 1.29 is 4.52 Å². The average Bonchev–Trinajstić information content (AvgIpc) is 3.14. The van der Waals surface area contributed by atoms with Crippen molar-refractivity contribution in [1.82, 2.24) is 20.4 Å². The largest absolute Gasteiger partial charge is 0.338 e. The van der Waals surface area contributed by atoms with Crippen molar-refractivity contribution in [2.24, 2.45) is 0 Å². The van der Waals surface area contributed by atoms with E-state index in [1.807, 2.05) is 0 Å². The summed E-state index contributed by atoms with van der Waals surface area (Å²) >= 11 is 0. The predicted octanol–water partition coefficient (Wildman–Crippen LogP) is 1.36. The smallest absolute Gasteiger partial charge is 0.240 e. The van der Waals surface area contributed by atoms with E-state index < -0.39 is 0 Å². The summed E-state index contributed by atoms with van der Waals surface area (Å²) in [4.78, 5) is 6.99. The Bertz CT molecular complexity index is 593. The standard InChI is InChI=1S/C16H20N4O/c1-2-4-13-10-14(9-12(13)3-1)16-18-15(21-19-16)11-20-7-5-17-6-8-20/h1-4,14,17H,5-11H2. The Labute approximate surface area is 124 Å². The van der Waals surface area contributed by atoms with E-state index >= 15 is 0 Å². The molecule has 0 saturated carbocycles. The summed E-state index contributed by atoms with van der Waals surface area (Å²) in [5.74, 6) is 2.00. The molecule has 0 unspecified atom stereocenters. The SMILES string of the molecule is c1ccc2c(c1)CC(c1noc(CN3CCNCC3)n1)C2. The van der Waals surface area contributed by atoms with Gasteiger partial charge < -0.3 is 9.84 Å². The van der Waals surface area contributed by atoms with Gasteiger partial charge in [0, 0.05) is 32.1 Å². The zero-order chi connectivity index (χ0) is 14.1. The van der Waals surface area contributed by atoms with Crippen molar-refractivity contribution in [2.45, 2.75) is 25.3 Å². The fourth-order valence-corrected chi connectivity index (χ4v) is 3.30. The van der Waals surface area contributed by atoms with Crippen LogP contribution in [-0.2, 0) is 19.4 Å². The van der Waals surface area contributed by atoms with Gasteiger partial charge in [-0.15, -0.1) is 0 Å². The molecule has 4 rings (SSSR count). The molecule has 1 aliphatic carbocycles. The van der Waals surface area contributed by atoms with Crippen molar-refractivity contribution in [3.05, 3.63) is 47.1 Å². The molecule has 1 aliphatic heterocycles. The van der Waals surface area contributed by atoms with Crippen LogP contribution in [0.3, 0.4) is 0 Å². The third-order valence-corrected chi connectivity index (χ3v) is 4.47. The van der Waals surface area contributed by atoms with Crippen molar-refractivity contribution in [3.63, 3.8) is 0 Å². The summed E-state index contributed by atoms with van der Waals surface area (Å²) in [7, 11) is 0. The fraction of sp³-hybridized carbons (Fsp3) is 0.500. The van der Waals surface area contributed by atoms with E-state index in [0.717, 1.165) is 57.3 Å². The molecule has 2 aliphatic rings. The minimum Gasteiger partial charge on any atom is -0.338 e. The molecule has 5 heteroatoms. The first-order valence-electron chi connectivity index (χ1n) is 7.71. The van der Waals surface area contributed by atoms with Gasteiger partial charge in [0.15, 0.2) is 5.82 Å². The lowest BCUT2D eigenvalue weighted by atomic mass is 10.1. The third kappa shape index (κ3) is 2.71. The van der Waals surface area contributed by atoms with E-state index in [9.17, 15) is 0 Å². The normalized spacial score (nSPS) is 19.8. The van der Waals surface area contributed by atoms with Gasteiger partial charge in [0.05, 0.1) is 6.54 Å². The van der Waals surface area contributed by atoms with Crippen molar-refractivity contribution in [1.29, 1.82) is 0 Å². The Morgan fingerprint density at radius 2 is 1.86 bits per heavy atom. The molecule has 110 valence electrons. The Morgan fingerprint density at radius 1 is 1.14 bits per heavy atom. The molecule has 21 heavy (non-hydrogen) atoms. The molecule has 0 spiro atoms. The Hall–Kier alpha value is -1.72. The quantitative estimate of drug-likeness (QED) is 0.922. The van der Waals surface area contributed by atoms with E-state index in [1.54, 1.807) is 0 Å². The van der Waals surface area contributed by atoms with Gasteiger partial charge in [-0.05, 0) is 24.0 Å². The lowest BCUT2D eigenvalue weighted by Gasteiger charge is -2.25. The van der Waals surface area contributed by atoms with E-state index in [2.05, 4.69) is 44.6 Å². The van der Waals surface area contributed by atoms with Gasteiger partial charge in [0.25, 0.3) is 0 Å². The van der Waals surface area contributed by atoms with Gasteiger partial charge in [-0.3, -0.25) is 4.90 Å². The number of hydrogen-bond acceptors (Lipinski definition) is 5. The maximum Gasteiger partial charge on any atom is 0.240 e. The number of fused-ring (bicyclic) bond motifs is 1. The Kier molecular flexibility index (Phi) is 3.45. The monoisotopic (exact) mass is 284 g/mol. The van der Waals surface area contributed by atoms with Crippen molar-refractivity contribution in [2.75, 3.05) is 26.2 Å². The van der Waals surface area contributed by atoms with Gasteiger partial charge in [-0.1, -0.05) is 29.4 Å². The molecule has 1 aromatic heterocycles. The number of nitrogens with zero attached hydrogens (tertiary/aromatic N) is 3. The van der Waals surface area contributed by atoms with Gasteiger partial charge in [-0.25, -0.2) is 0 Å². The molecule has 1 aromatic carbocycles. The lowest BCUT2D eigenvalue weighted by molar-refractivity contribution is 0.203. The zero-order valence-corrected chi connectivity index (χ0v) is 12.1.